The second-order valence-corrected chi connectivity index (χ2v) is 5.86. The maximum atomic E-state index is 4.52. The summed E-state index contributed by atoms with van der Waals surface area (Å²) in [4.78, 5) is 7.17. The summed E-state index contributed by atoms with van der Waals surface area (Å²) < 4.78 is 0. The number of fused-ring (bicyclic) bond motifs is 1. The highest BCUT2D eigenvalue weighted by Crippen LogP contribution is 2.31. The van der Waals surface area contributed by atoms with E-state index in [9.17, 15) is 0 Å². The fraction of sp³-hybridized carbons (Fsp3) is 0.500. The molecule has 1 aliphatic heterocycles. The van der Waals surface area contributed by atoms with Gasteiger partial charge >= 0.3 is 0 Å². The summed E-state index contributed by atoms with van der Waals surface area (Å²) in [7, 11) is 0. The second-order valence-electron chi connectivity index (χ2n) is 5.86. The highest BCUT2D eigenvalue weighted by atomic mass is 15.2. The lowest BCUT2D eigenvalue weighted by Crippen LogP contribution is -2.45. The van der Waals surface area contributed by atoms with Crippen LogP contribution >= 0.6 is 0 Å². The summed E-state index contributed by atoms with van der Waals surface area (Å²) in [6.45, 7) is 6.77. The molecule has 3 rings (SSSR count). The summed E-state index contributed by atoms with van der Waals surface area (Å²) >= 11 is 0. The molecule has 0 amide bonds. The van der Waals surface area contributed by atoms with Crippen LogP contribution in [0.4, 0.5) is 0 Å². The minimum Gasteiger partial charge on any atom is -0.314 e. The average molecular weight is 283 g/mol. The van der Waals surface area contributed by atoms with Crippen LogP contribution in [0.3, 0.4) is 0 Å². The van der Waals surface area contributed by atoms with Crippen molar-refractivity contribution in [3.63, 3.8) is 0 Å². The molecule has 112 valence electrons. The smallest absolute Gasteiger partial charge is 0.0705 e. The molecule has 3 nitrogen and oxygen atoms in total. The molecule has 1 atom stereocenters. The molecule has 0 spiro atoms. The topological polar surface area (TPSA) is 28.2 Å². The van der Waals surface area contributed by atoms with Gasteiger partial charge in [0.2, 0.25) is 0 Å². The van der Waals surface area contributed by atoms with E-state index in [2.05, 4.69) is 52.5 Å². The lowest BCUT2D eigenvalue weighted by Gasteiger charge is -2.35. The van der Waals surface area contributed by atoms with Crippen molar-refractivity contribution in [2.75, 3.05) is 26.2 Å². The Hall–Kier alpha value is -1.45. The summed E-state index contributed by atoms with van der Waals surface area (Å²) in [5, 5.41) is 4.78. The number of pyridine rings is 1. The van der Waals surface area contributed by atoms with Crippen molar-refractivity contribution >= 4 is 10.9 Å². The van der Waals surface area contributed by atoms with Crippen molar-refractivity contribution in [2.45, 2.75) is 32.2 Å². The molecule has 2 aromatic rings. The van der Waals surface area contributed by atoms with Gasteiger partial charge in [-0.05, 0) is 24.1 Å². The third-order valence-electron chi connectivity index (χ3n) is 4.47. The number of para-hydroxylation sites is 1. The Morgan fingerprint density at radius 3 is 2.81 bits per heavy atom. The highest BCUT2D eigenvalue weighted by Gasteiger charge is 2.23. The molecule has 1 aliphatic rings. The number of rotatable bonds is 5. The van der Waals surface area contributed by atoms with Crippen LogP contribution < -0.4 is 5.32 Å². The van der Waals surface area contributed by atoms with Gasteiger partial charge in [0.25, 0.3) is 0 Å². The zero-order valence-corrected chi connectivity index (χ0v) is 12.9. The fourth-order valence-corrected chi connectivity index (χ4v) is 3.33. The van der Waals surface area contributed by atoms with Crippen molar-refractivity contribution in [3.8, 4) is 0 Å². The predicted octanol–water partition coefficient (Wildman–Crippen LogP) is 3.37. The van der Waals surface area contributed by atoms with Gasteiger partial charge in [0.05, 0.1) is 5.52 Å². The maximum absolute atomic E-state index is 4.52. The Labute approximate surface area is 127 Å². The number of nitrogens with one attached hydrogen (secondary N) is 1. The first-order valence-electron chi connectivity index (χ1n) is 8.18. The van der Waals surface area contributed by atoms with Crippen molar-refractivity contribution < 1.29 is 0 Å². The minimum atomic E-state index is 0.528. The Balaban J connectivity index is 1.96. The quantitative estimate of drug-likeness (QED) is 0.912. The largest absolute Gasteiger partial charge is 0.314 e. The minimum absolute atomic E-state index is 0.528. The molecule has 0 unspecified atom stereocenters. The number of piperazine rings is 1. The molecule has 0 radical (unpaired) electrons. The molecule has 1 N–H and O–H groups in total. The van der Waals surface area contributed by atoms with E-state index >= 15 is 0 Å². The summed E-state index contributed by atoms with van der Waals surface area (Å²) in [6, 6.07) is 11.3. The van der Waals surface area contributed by atoms with Crippen molar-refractivity contribution in [3.05, 3.63) is 42.1 Å². The van der Waals surface area contributed by atoms with Crippen molar-refractivity contribution in [1.29, 1.82) is 0 Å². The monoisotopic (exact) mass is 283 g/mol. The van der Waals surface area contributed by atoms with Crippen molar-refractivity contribution in [2.24, 2.45) is 0 Å². The van der Waals surface area contributed by atoms with E-state index in [1.165, 1.54) is 30.2 Å². The molecular weight excluding hydrogens is 258 g/mol. The molecule has 3 heteroatoms. The Bertz CT molecular complexity index is 570. The Morgan fingerprint density at radius 2 is 2.00 bits per heavy atom. The van der Waals surface area contributed by atoms with Crippen LogP contribution in [0.25, 0.3) is 10.9 Å². The van der Waals surface area contributed by atoms with E-state index in [4.69, 9.17) is 0 Å². The first-order chi connectivity index (χ1) is 10.4. The van der Waals surface area contributed by atoms with Gasteiger partial charge in [-0.15, -0.1) is 0 Å². The van der Waals surface area contributed by atoms with E-state index in [0.29, 0.717) is 6.04 Å². The highest BCUT2D eigenvalue weighted by molar-refractivity contribution is 5.82. The normalized spacial score (nSPS) is 18.0. The van der Waals surface area contributed by atoms with Gasteiger partial charge in [-0.1, -0.05) is 38.0 Å². The third kappa shape index (κ3) is 3.25. The van der Waals surface area contributed by atoms with Gasteiger partial charge in [-0.25, -0.2) is 0 Å². The van der Waals surface area contributed by atoms with Gasteiger partial charge in [0, 0.05) is 43.8 Å². The Kier molecular flexibility index (Phi) is 4.84. The number of hydrogen-bond acceptors (Lipinski definition) is 3. The van der Waals surface area contributed by atoms with Gasteiger partial charge in [0.15, 0.2) is 0 Å². The summed E-state index contributed by atoms with van der Waals surface area (Å²) in [6.07, 6.45) is 5.75. The second kappa shape index (κ2) is 7.01. The first-order valence-corrected chi connectivity index (χ1v) is 8.18. The van der Waals surface area contributed by atoms with E-state index in [0.717, 1.165) is 31.7 Å². The molecule has 0 saturated carbocycles. The summed E-state index contributed by atoms with van der Waals surface area (Å²) in [5.41, 5.74) is 2.57. The Morgan fingerprint density at radius 1 is 1.19 bits per heavy atom. The molecule has 2 heterocycles. The van der Waals surface area contributed by atoms with Gasteiger partial charge in [0.1, 0.15) is 0 Å². The van der Waals surface area contributed by atoms with Gasteiger partial charge < -0.3 is 5.32 Å². The van der Waals surface area contributed by atoms with Crippen LogP contribution in [0.2, 0.25) is 0 Å². The fourth-order valence-electron chi connectivity index (χ4n) is 3.33. The van der Waals surface area contributed by atoms with E-state index in [1.54, 1.807) is 0 Å². The molecule has 1 aromatic heterocycles. The SMILES string of the molecule is CCCC[C@@H](c1ccnc2ccccc12)N1CCNCC1. The molecular formula is C18H25N3. The van der Waals surface area contributed by atoms with Gasteiger partial charge in [-0.3, -0.25) is 9.88 Å². The van der Waals surface area contributed by atoms with Crippen LogP contribution in [0.5, 0.6) is 0 Å². The zero-order chi connectivity index (χ0) is 14.5. The van der Waals surface area contributed by atoms with Crippen LogP contribution in [-0.4, -0.2) is 36.1 Å². The predicted molar refractivity (Wildman–Crippen MR) is 88.5 cm³/mol. The number of aromatic nitrogens is 1. The van der Waals surface area contributed by atoms with Crippen molar-refractivity contribution in [1.82, 2.24) is 15.2 Å². The molecule has 1 fully saturated rings. The van der Waals surface area contributed by atoms with Crippen LogP contribution in [0, 0.1) is 0 Å². The molecule has 1 saturated heterocycles. The molecule has 0 aliphatic carbocycles. The number of unbranched alkanes of at least 4 members (excludes halogenated alkanes) is 1. The molecule has 0 bridgehead atoms. The average Bonchev–Trinajstić information content (AvgIpc) is 2.56. The van der Waals surface area contributed by atoms with E-state index < -0.39 is 0 Å². The van der Waals surface area contributed by atoms with Crippen LogP contribution in [0.1, 0.15) is 37.8 Å². The van der Waals surface area contributed by atoms with E-state index in [-0.39, 0.29) is 0 Å². The standard InChI is InChI=1S/C18H25N3/c1-2-3-8-18(21-13-11-19-12-14-21)16-9-10-20-17-7-5-4-6-15(16)17/h4-7,9-10,18-19H,2-3,8,11-14H2,1H3/t18-/m0/s1. The molecule has 21 heavy (non-hydrogen) atoms. The number of nitrogens with zero attached hydrogens (tertiary/aromatic N) is 2. The zero-order valence-electron chi connectivity index (χ0n) is 12.9. The van der Waals surface area contributed by atoms with E-state index in [1.807, 2.05) is 6.20 Å². The lowest BCUT2D eigenvalue weighted by atomic mass is 9.95. The van der Waals surface area contributed by atoms with Crippen LogP contribution in [0.15, 0.2) is 36.5 Å². The maximum Gasteiger partial charge on any atom is 0.0705 e. The number of hydrogen-bond donors (Lipinski definition) is 1. The number of benzene rings is 1. The molecule has 1 aromatic carbocycles. The summed E-state index contributed by atoms with van der Waals surface area (Å²) in [5.74, 6) is 0. The van der Waals surface area contributed by atoms with Crippen LogP contribution in [-0.2, 0) is 0 Å². The van der Waals surface area contributed by atoms with Gasteiger partial charge in [-0.2, -0.15) is 0 Å². The first kappa shape index (κ1) is 14.5. The third-order valence-corrected chi connectivity index (χ3v) is 4.47. The lowest BCUT2D eigenvalue weighted by molar-refractivity contribution is 0.164.